The van der Waals surface area contributed by atoms with Crippen molar-refractivity contribution in [3.05, 3.63) is 28.2 Å². The Balaban J connectivity index is 2.32. The zero-order valence-electron chi connectivity index (χ0n) is 7.98. The second-order valence-electron chi connectivity index (χ2n) is 3.24. The minimum atomic E-state index is -0.745. The minimum absolute atomic E-state index is 0.187. The monoisotopic (exact) mass is 256 g/mol. The van der Waals surface area contributed by atoms with E-state index >= 15 is 0 Å². The van der Waals surface area contributed by atoms with Crippen LogP contribution in [0.25, 0.3) is 0 Å². The lowest BCUT2D eigenvalue weighted by atomic mass is 10.3. The molecule has 0 aromatic heterocycles. The molecule has 82 valence electrons. The molecular weight excluding hydrogens is 251 g/mol. The molecule has 1 fully saturated rings. The molecule has 2 rings (SSSR count). The largest absolute Gasteiger partial charge is 0.428 e. The molecule has 4 nitrogen and oxygen atoms in total. The fourth-order valence-corrected chi connectivity index (χ4v) is 1.95. The van der Waals surface area contributed by atoms with Gasteiger partial charge in [-0.25, -0.2) is 4.79 Å². The van der Waals surface area contributed by atoms with Gasteiger partial charge in [-0.1, -0.05) is 23.2 Å². The second-order valence-corrected chi connectivity index (χ2v) is 4.11. The van der Waals surface area contributed by atoms with E-state index in [2.05, 4.69) is 0 Å². The summed E-state index contributed by atoms with van der Waals surface area (Å²) in [4.78, 5) is 12.8. The van der Waals surface area contributed by atoms with Gasteiger partial charge in [-0.15, -0.1) is 0 Å². The highest BCUT2D eigenvalue weighted by Gasteiger charge is 2.32. The molecule has 1 atom stereocenters. The first kappa shape index (κ1) is 11.1. The Kier molecular flexibility index (Phi) is 2.90. The number of hydrogen-bond acceptors (Lipinski definition) is 3. The maximum absolute atomic E-state index is 11.4. The number of carbonyl (C=O) groups is 1. The van der Waals surface area contributed by atoms with E-state index in [4.69, 9.17) is 33.2 Å². The van der Waals surface area contributed by atoms with Crippen LogP contribution in [0.4, 0.5) is 10.5 Å². The van der Waals surface area contributed by atoms with E-state index in [1.54, 1.807) is 18.2 Å². The first-order valence-corrected chi connectivity index (χ1v) is 5.19. The van der Waals surface area contributed by atoms with Crippen molar-refractivity contribution in [1.82, 2.24) is 0 Å². The van der Waals surface area contributed by atoms with E-state index in [0.717, 1.165) is 0 Å². The molecule has 0 bridgehead atoms. The van der Waals surface area contributed by atoms with E-state index in [1.165, 1.54) is 4.90 Å². The Morgan fingerprint density at radius 3 is 2.50 bits per heavy atom. The summed E-state index contributed by atoms with van der Waals surface area (Å²) < 4.78 is 4.80. The maximum Gasteiger partial charge on any atom is 0.415 e. The van der Waals surface area contributed by atoms with Crippen LogP contribution in [0, 0.1) is 11.3 Å². The molecule has 16 heavy (non-hydrogen) atoms. The molecule has 1 aromatic rings. The average Bonchev–Trinajstić information content (AvgIpc) is 2.58. The highest BCUT2D eigenvalue weighted by atomic mass is 35.5. The molecule has 6 heteroatoms. The molecule has 0 aliphatic carbocycles. The number of halogens is 2. The van der Waals surface area contributed by atoms with Crippen LogP contribution >= 0.6 is 23.2 Å². The van der Waals surface area contributed by atoms with Gasteiger partial charge < -0.3 is 4.74 Å². The highest BCUT2D eigenvalue weighted by molar-refractivity contribution is 6.35. The summed E-state index contributed by atoms with van der Waals surface area (Å²) in [6.07, 6.45) is -1.31. The topological polar surface area (TPSA) is 53.3 Å². The SMILES string of the molecule is N#CC1CN(c2cc(Cl)cc(Cl)c2)C(=O)O1. The average molecular weight is 257 g/mol. The molecule has 0 N–H and O–H groups in total. The van der Waals surface area contributed by atoms with E-state index in [1.807, 2.05) is 6.07 Å². The summed E-state index contributed by atoms with van der Waals surface area (Å²) in [5, 5.41) is 9.50. The van der Waals surface area contributed by atoms with Gasteiger partial charge in [0.25, 0.3) is 0 Å². The number of nitrogens with zero attached hydrogens (tertiary/aromatic N) is 2. The third-order valence-electron chi connectivity index (χ3n) is 2.11. The number of rotatable bonds is 1. The van der Waals surface area contributed by atoms with Gasteiger partial charge >= 0.3 is 6.09 Å². The Morgan fingerprint density at radius 1 is 1.38 bits per heavy atom. The third kappa shape index (κ3) is 2.06. The number of hydrogen-bond donors (Lipinski definition) is 0. The molecule has 1 aromatic carbocycles. The Hall–Kier alpha value is -1.44. The van der Waals surface area contributed by atoms with Gasteiger partial charge in [-0.3, -0.25) is 4.90 Å². The van der Waals surface area contributed by atoms with Crippen LogP contribution in [0.15, 0.2) is 18.2 Å². The van der Waals surface area contributed by atoms with Crippen LogP contribution in [0.1, 0.15) is 0 Å². The molecule has 1 heterocycles. The van der Waals surface area contributed by atoms with Crippen LogP contribution in [0.3, 0.4) is 0 Å². The summed E-state index contributed by atoms with van der Waals surface area (Å²) in [6.45, 7) is 0.187. The molecule has 0 radical (unpaired) electrons. The Bertz CT molecular complexity index is 464. The van der Waals surface area contributed by atoms with Gasteiger partial charge in [0.05, 0.1) is 12.2 Å². The zero-order chi connectivity index (χ0) is 11.7. The minimum Gasteiger partial charge on any atom is -0.428 e. The van der Waals surface area contributed by atoms with Crippen molar-refractivity contribution in [2.45, 2.75) is 6.10 Å². The molecule has 1 unspecified atom stereocenters. The van der Waals surface area contributed by atoms with Crippen molar-refractivity contribution in [2.75, 3.05) is 11.4 Å². The first-order valence-electron chi connectivity index (χ1n) is 4.44. The number of ether oxygens (including phenoxy) is 1. The van der Waals surface area contributed by atoms with Crippen molar-refractivity contribution in [3.8, 4) is 6.07 Å². The fourth-order valence-electron chi connectivity index (χ4n) is 1.44. The van der Waals surface area contributed by atoms with E-state index in [-0.39, 0.29) is 6.54 Å². The third-order valence-corrected chi connectivity index (χ3v) is 2.55. The van der Waals surface area contributed by atoms with Gasteiger partial charge in [0.15, 0.2) is 0 Å². The predicted octanol–water partition coefficient (Wildman–Crippen LogP) is 2.84. The Labute approximate surface area is 102 Å². The van der Waals surface area contributed by atoms with E-state index in [0.29, 0.717) is 15.7 Å². The lowest BCUT2D eigenvalue weighted by Crippen LogP contribution is -2.24. The van der Waals surface area contributed by atoms with Crippen LogP contribution < -0.4 is 4.90 Å². The van der Waals surface area contributed by atoms with E-state index < -0.39 is 12.2 Å². The molecule has 1 amide bonds. The zero-order valence-corrected chi connectivity index (χ0v) is 9.50. The van der Waals surface area contributed by atoms with E-state index in [9.17, 15) is 4.79 Å². The van der Waals surface area contributed by atoms with Gasteiger partial charge in [0.1, 0.15) is 6.07 Å². The van der Waals surface area contributed by atoms with Crippen LogP contribution in [-0.2, 0) is 4.74 Å². The number of carbonyl (C=O) groups excluding carboxylic acids is 1. The molecule has 0 spiro atoms. The molecule has 0 saturated carbocycles. The van der Waals surface area contributed by atoms with Gasteiger partial charge in [-0.2, -0.15) is 5.26 Å². The summed E-state index contributed by atoms with van der Waals surface area (Å²) in [5.41, 5.74) is 0.528. The summed E-state index contributed by atoms with van der Waals surface area (Å²) in [7, 11) is 0. The smallest absolute Gasteiger partial charge is 0.415 e. The number of amides is 1. The van der Waals surface area contributed by atoms with Gasteiger partial charge in [-0.05, 0) is 18.2 Å². The Morgan fingerprint density at radius 2 is 2.00 bits per heavy atom. The number of nitriles is 1. The molecule has 1 aliphatic heterocycles. The summed E-state index contributed by atoms with van der Waals surface area (Å²) >= 11 is 11.6. The van der Waals surface area contributed by atoms with Gasteiger partial charge in [0, 0.05) is 10.0 Å². The van der Waals surface area contributed by atoms with Crippen LogP contribution in [0.5, 0.6) is 0 Å². The van der Waals surface area contributed by atoms with Crippen molar-refractivity contribution >= 4 is 35.0 Å². The summed E-state index contributed by atoms with van der Waals surface area (Å²) in [5.74, 6) is 0. The number of benzene rings is 1. The summed E-state index contributed by atoms with van der Waals surface area (Å²) in [6, 6.07) is 6.62. The van der Waals surface area contributed by atoms with Crippen LogP contribution in [0.2, 0.25) is 10.0 Å². The normalized spacial score (nSPS) is 19.4. The lowest BCUT2D eigenvalue weighted by molar-refractivity contribution is 0.162. The van der Waals surface area contributed by atoms with Crippen LogP contribution in [-0.4, -0.2) is 18.7 Å². The quantitative estimate of drug-likeness (QED) is 0.777. The standard InChI is InChI=1S/C10H6Cl2N2O2/c11-6-1-7(12)3-8(2-6)14-5-9(4-13)16-10(14)15/h1-3,9H,5H2. The van der Waals surface area contributed by atoms with Gasteiger partial charge in [0.2, 0.25) is 6.10 Å². The molecular formula is C10H6Cl2N2O2. The molecule has 1 saturated heterocycles. The van der Waals surface area contributed by atoms with Crippen molar-refractivity contribution in [1.29, 1.82) is 5.26 Å². The fraction of sp³-hybridized carbons (Fsp3) is 0.200. The van der Waals surface area contributed by atoms with Crippen molar-refractivity contribution < 1.29 is 9.53 Å². The second kappa shape index (κ2) is 4.20. The number of anilines is 1. The predicted molar refractivity (Wildman–Crippen MR) is 59.7 cm³/mol. The first-order chi connectivity index (χ1) is 7.60. The van der Waals surface area contributed by atoms with Crippen molar-refractivity contribution in [3.63, 3.8) is 0 Å². The van der Waals surface area contributed by atoms with Crippen molar-refractivity contribution in [2.24, 2.45) is 0 Å². The highest BCUT2D eigenvalue weighted by Crippen LogP contribution is 2.28. The number of cyclic esters (lactones) is 1. The maximum atomic E-state index is 11.4. The lowest BCUT2D eigenvalue weighted by Gasteiger charge is -2.12. The molecule has 1 aliphatic rings.